The molecule has 0 spiro atoms. The number of amidine groups is 2. The van der Waals surface area contributed by atoms with Crippen LogP contribution in [-0.2, 0) is 0 Å². The minimum atomic E-state index is -0.691. The van der Waals surface area contributed by atoms with E-state index in [2.05, 4.69) is 25.4 Å². The second kappa shape index (κ2) is 9.75. The van der Waals surface area contributed by atoms with Gasteiger partial charge in [-0.1, -0.05) is 0 Å². The molecule has 1 amide bonds. The lowest BCUT2D eigenvalue weighted by molar-refractivity contribution is -0.380. The maximum absolute atomic E-state index is 12.3. The van der Waals surface area contributed by atoms with Crippen LogP contribution in [-0.4, -0.2) is 29.2 Å². The minimum absolute atomic E-state index is 0.112. The third-order valence-electron chi connectivity index (χ3n) is 1.72. The molecule has 1 aromatic rings. The largest absolute Gasteiger partial charge is 0.344 e. The molecule has 0 saturated carbocycles. The number of hydrogen-bond donors (Lipinski definition) is 4. The number of thioether (sulfide) groups is 1. The molecule has 0 aliphatic carbocycles. The van der Waals surface area contributed by atoms with E-state index in [-0.39, 0.29) is 19.7 Å². The predicted octanol–water partition coefficient (Wildman–Crippen LogP) is 2.38. The molecule has 24 heavy (non-hydrogen) atoms. The van der Waals surface area contributed by atoms with Gasteiger partial charge in [-0.3, -0.25) is 14.9 Å². The fourth-order valence-electron chi connectivity index (χ4n) is 0.881. The van der Waals surface area contributed by atoms with E-state index in [9.17, 15) is 14.9 Å². The van der Waals surface area contributed by atoms with Gasteiger partial charge in [0, 0.05) is 35.7 Å². The number of hydrazone groups is 2. The van der Waals surface area contributed by atoms with Crippen molar-refractivity contribution in [3.63, 3.8) is 0 Å². The molecule has 128 valence electrons. The van der Waals surface area contributed by atoms with E-state index < -0.39 is 10.2 Å². The van der Waals surface area contributed by atoms with Crippen molar-refractivity contribution in [1.29, 1.82) is 11.1 Å². The van der Waals surface area contributed by atoms with Crippen LogP contribution in [0.4, 0.5) is 9.80 Å². The van der Waals surface area contributed by atoms with Crippen LogP contribution >= 0.6 is 47.0 Å². The van der Waals surface area contributed by atoms with Crippen molar-refractivity contribution < 1.29 is 9.72 Å². The first-order valence-corrected chi connectivity index (χ1v) is 8.41. The minimum Gasteiger partial charge on any atom is -0.321 e. The number of nitro groups is 1. The number of carbonyl (C=O) groups is 1. The van der Waals surface area contributed by atoms with Gasteiger partial charge in [-0.2, -0.15) is 10.2 Å². The molecule has 0 aliphatic rings. The second-order valence-electron chi connectivity index (χ2n) is 3.08. The van der Waals surface area contributed by atoms with E-state index in [4.69, 9.17) is 22.7 Å². The average molecular weight is 409 g/mol. The SMILES string of the molecule is N=NC(=NN)SN(SC(N=N)=NN)C(=O)Sc1ncc([N+](=O)[O-])s1. The number of rotatable bonds is 2. The Morgan fingerprint density at radius 1 is 1.29 bits per heavy atom. The first-order valence-electron chi connectivity index (χ1n) is 5.23. The van der Waals surface area contributed by atoms with Gasteiger partial charge in [0.2, 0.25) is 10.3 Å². The lowest BCUT2D eigenvalue weighted by atomic mass is 10.9. The van der Waals surface area contributed by atoms with Crippen LogP contribution in [0.2, 0.25) is 0 Å². The van der Waals surface area contributed by atoms with E-state index in [0.717, 1.165) is 9.91 Å². The Balaban J connectivity index is 2.94. The van der Waals surface area contributed by atoms with E-state index in [0.29, 0.717) is 47.0 Å². The Labute approximate surface area is 149 Å². The van der Waals surface area contributed by atoms with Gasteiger partial charge in [0.1, 0.15) is 6.20 Å². The molecule has 1 heterocycles. The van der Waals surface area contributed by atoms with Gasteiger partial charge in [-0.25, -0.2) is 19.8 Å². The standard InChI is InChI=1S/C6H7N11O3S4/c7-12-3(13-8)23-17(24-4(14-9)15-10)6(18)22-5-11-1-2(21-5)16(19)20/h1,7,9H,8,10H2. The number of amides is 1. The number of nitrogens with one attached hydrogen (secondary N) is 2. The maximum atomic E-state index is 12.3. The maximum Gasteiger partial charge on any atom is 0.344 e. The highest BCUT2D eigenvalue weighted by molar-refractivity contribution is 8.29. The van der Waals surface area contributed by atoms with Crippen molar-refractivity contribution in [2.75, 3.05) is 0 Å². The Kier molecular flexibility index (Phi) is 8.01. The lowest BCUT2D eigenvalue weighted by Gasteiger charge is -2.15. The summed E-state index contributed by atoms with van der Waals surface area (Å²) in [5, 5.41) is 21.5. The summed E-state index contributed by atoms with van der Waals surface area (Å²) in [6, 6.07) is 0. The van der Waals surface area contributed by atoms with Gasteiger partial charge in [0.05, 0.1) is 4.92 Å². The molecule has 0 atom stereocenters. The van der Waals surface area contributed by atoms with Gasteiger partial charge in [-0.05, 0) is 11.3 Å². The smallest absolute Gasteiger partial charge is 0.321 e. The Bertz CT molecular complexity index is 676. The molecule has 0 unspecified atom stereocenters. The first kappa shape index (κ1) is 19.7. The molecule has 18 heteroatoms. The van der Waals surface area contributed by atoms with Gasteiger partial charge >= 0.3 is 10.2 Å². The summed E-state index contributed by atoms with van der Waals surface area (Å²) >= 11 is 2.37. The second-order valence-corrected chi connectivity index (χ2v) is 7.34. The normalized spacial score (nSPS) is 11.8. The fraction of sp³-hybridized carbons (Fsp3) is 0. The third kappa shape index (κ3) is 5.72. The molecule has 14 nitrogen and oxygen atoms in total. The Morgan fingerprint density at radius 2 is 1.83 bits per heavy atom. The van der Waals surface area contributed by atoms with Crippen LogP contribution in [0, 0.1) is 21.2 Å². The van der Waals surface area contributed by atoms with Crippen molar-refractivity contribution in [2.45, 2.75) is 4.34 Å². The number of nitrogens with zero attached hydrogens (tertiary/aromatic N) is 7. The zero-order chi connectivity index (χ0) is 18.1. The number of nitrogens with two attached hydrogens (primary N) is 2. The molecule has 0 aromatic carbocycles. The molecule has 1 aromatic heterocycles. The number of aromatic nitrogens is 1. The molecule has 0 fully saturated rings. The highest BCUT2D eigenvalue weighted by Crippen LogP contribution is 2.35. The summed E-state index contributed by atoms with van der Waals surface area (Å²) < 4.78 is 1.01. The molecule has 0 radical (unpaired) electrons. The van der Waals surface area contributed by atoms with Crippen LogP contribution in [0.5, 0.6) is 0 Å². The van der Waals surface area contributed by atoms with Crippen molar-refractivity contribution in [2.24, 2.45) is 32.1 Å². The van der Waals surface area contributed by atoms with E-state index in [1.54, 1.807) is 0 Å². The Hall–Kier alpha value is -2.31. The topological polar surface area (TPSA) is 226 Å². The Morgan fingerprint density at radius 3 is 2.21 bits per heavy atom. The van der Waals surface area contributed by atoms with Gasteiger partial charge in [-0.15, -0.1) is 10.2 Å². The summed E-state index contributed by atoms with van der Waals surface area (Å²) in [5.41, 5.74) is 13.8. The van der Waals surface area contributed by atoms with Gasteiger partial charge in [0.15, 0.2) is 4.34 Å². The van der Waals surface area contributed by atoms with Crippen LogP contribution in [0.3, 0.4) is 0 Å². The fourth-order valence-corrected chi connectivity index (χ4v) is 3.93. The average Bonchev–Trinajstić information content (AvgIpc) is 3.04. The monoisotopic (exact) mass is 409 g/mol. The van der Waals surface area contributed by atoms with Crippen LogP contribution in [0.1, 0.15) is 0 Å². The lowest BCUT2D eigenvalue weighted by Crippen LogP contribution is -2.17. The van der Waals surface area contributed by atoms with E-state index >= 15 is 0 Å². The van der Waals surface area contributed by atoms with Crippen LogP contribution in [0.25, 0.3) is 0 Å². The molecular weight excluding hydrogens is 402 g/mol. The predicted molar refractivity (Wildman–Crippen MR) is 90.6 cm³/mol. The number of thiazole rings is 1. The molecule has 0 bridgehead atoms. The summed E-state index contributed by atoms with van der Waals surface area (Å²) in [6.45, 7) is 0. The van der Waals surface area contributed by atoms with Crippen molar-refractivity contribution in [3.05, 3.63) is 16.3 Å². The molecule has 0 aliphatic heterocycles. The van der Waals surface area contributed by atoms with Gasteiger partial charge in [0.25, 0.3) is 0 Å². The summed E-state index contributed by atoms with van der Waals surface area (Å²) in [4.78, 5) is 26.0. The molecule has 6 N–H and O–H groups in total. The number of carbonyl (C=O) groups excluding carboxylic acids is 1. The summed E-state index contributed by atoms with van der Waals surface area (Å²) in [5.74, 6) is 10.0. The third-order valence-corrected chi connectivity index (χ3v) is 5.66. The highest BCUT2D eigenvalue weighted by atomic mass is 32.2. The molecule has 1 rings (SSSR count). The van der Waals surface area contributed by atoms with Crippen molar-refractivity contribution >= 4 is 67.6 Å². The quantitative estimate of drug-likeness (QED) is 0.0820. The first-order chi connectivity index (χ1) is 11.4. The zero-order valence-electron chi connectivity index (χ0n) is 11.2. The van der Waals surface area contributed by atoms with Crippen molar-refractivity contribution in [3.8, 4) is 0 Å². The van der Waals surface area contributed by atoms with E-state index in [1.165, 1.54) is 0 Å². The van der Waals surface area contributed by atoms with E-state index in [1.807, 2.05) is 0 Å². The van der Waals surface area contributed by atoms with Crippen LogP contribution < -0.4 is 11.7 Å². The highest BCUT2D eigenvalue weighted by Gasteiger charge is 2.25. The van der Waals surface area contributed by atoms with Crippen molar-refractivity contribution in [1.82, 2.24) is 8.69 Å². The van der Waals surface area contributed by atoms with Crippen LogP contribution in [0.15, 0.2) is 31.0 Å². The number of hydrogen-bond acceptors (Lipinski definition) is 14. The molecular formula is C6H7N11O3S4. The molecule has 0 saturated heterocycles. The zero-order valence-corrected chi connectivity index (χ0v) is 14.5. The summed E-state index contributed by atoms with van der Waals surface area (Å²) in [6.07, 6.45) is 1.02. The summed E-state index contributed by atoms with van der Waals surface area (Å²) in [7, 11) is 0. The van der Waals surface area contributed by atoms with Gasteiger partial charge < -0.3 is 11.7 Å².